The van der Waals surface area contributed by atoms with E-state index in [2.05, 4.69) is 30.9 Å². The van der Waals surface area contributed by atoms with E-state index in [9.17, 15) is 22.0 Å². The first-order valence-corrected chi connectivity index (χ1v) is 17.8. The van der Waals surface area contributed by atoms with Crippen molar-refractivity contribution in [2.24, 2.45) is 0 Å². The fourth-order valence-electron chi connectivity index (χ4n) is 5.24. The molecule has 49 heavy (non-hydrogen) atoms. The molecule has 0 spiro atoms. The van der Waals surface area contributed by atoms with Gasteiger partial charge in [0.25, 0.3) is 0 Å². The van der Waals surface area contributed by atoms with Crippen molar-refractivity contribution in [2.45, 2.75) is 25.5 Å². The van der Waals surface area contributed by atoms with Crippen LogP contribution in [0, 0.1) is 11.6 Å². The van der Waals surface area contributed by atoms with Crippen molar-refractivity contribution in [3.8, 4) is 17.2 Å². The van der Waals surface area contributed by atoms with Gasteiger partial charge < -0.3 is 30.0 Å². The highest BCUT2D eigenvalue weighted by molar-refractivity contribution is 7.90. The molecule has 1 aliphatic heterocycles. The minimum absolute atomic E-state index is 0.0375. The fraction of sp³-hybridized carbons (Fsp3) is 0.273. The van der Waals surface area contributed by atoms with Crippen molar-refractivity contribution >= 4 is 55.6 Å². The molecule has 0 radical (unpaired) electrons. The molecule has 3 N–H and O–H groups in total. The van der Waals surface area contributed by atoms with E-state index in [1.165, 1.54) is 23.5 Å². The van der Waals surface area contributed by atoms with E-state index in [4.69, 9.17) is 20.8 Å². The van der Waals surface area contributed by atoms with E-state index >= 15 is 0 Å². The highest BCUT2D eigenvalue weighted by atomic mass is 35.5. The number of benzene rings is 2. The third-order valence-electron chi connectivity index (χ3n) is 7.80. The summed E-state index contributed by atoms with van der Waals surface area (Å²) in [5, 5.41) is 9.72. The SMILES string of the molecule is CS(=O)(=O)CCNCc1ccc(-c2cc3c(Nc4ccc(OC5CCN(C(=O)Nc6c(F)cccc6F)CC5)c(Cl)c4)ncnc3cn2)o1. The summed E-state index contributed by atoms with van der Waals surface area (Å²) in [6, 6.07) is 13.5. The molecule has 0 unspecified atom stereocenters. The maximum atomic E-state index is 13.9. The number of ether oxygens (including phenoxy) is 1. The van der Waals surface area contributed by atoms with Crippen LogP contribution in [0.5, 0.6) is 5.75 Å². The van der Waals surface area contributed by atoms with Crippen molar-refractivity contribution in [2.75, 3.05) is 42.3 Å². The largest absolute Gasteiger partial charge is 0.489 e. The summed E-state index contributed by atoms with van der Waals surface area (Å²) in [7, 11) is -3.05. The number of hydrogen-bond acceptors (Lipinski definition) is 10. The molecule has 4 heterocycles. The number of nitrogens with one attached hydrogen (secondary N) is 3. The minimum atomic E-state index is -3.05. The van der Waals surface area contributed by atoms with Crippen LogP contribution in [-0.4, -0.2) is 72.0 Å². The predicted octanol–water partition coefficient (Wildman–Crippen LogP) is 6.17. The van der Waals surface area contributed by atoms with Crippen molar-refractivity contribution in [1.82, 2.24) is 25.2 Å². The summed E-state index contributed by atoms with van der Waals surface area (Å²) in [4.78, 5) is 27.3. The molecule has 5 aromatic rings. The number of likely N-dealkylation sites (tertiary alicyclic amines) is 1. The van der Waals surface area contributed by atoms with Crippen LogP contribution in [-0.2, 0) is 16.4 Å². The summed E-state index contributed by atoms with van der Waals surface area (Å²) in [5.74, 6) is 0.524. The highest BCUT2D eigenvalue weighted by Gasteiger charge is 2.26. The van der Waals surface area contributed by atoms with Gasteiger partial charge in [0.1, 0.15) is 62.6 Å². The average Bonchev–Trinajstić information content (AvgIpc) is 3.55. The van der Waals surface area contributed by atoms with E-state index < -0.39 is 33.2 Å². The number of piperidine rings is 1. The Kier molecular flexibility index (Phi) is 10.2. The number of urea groups is 1. The van der Waals surface area contributed by atoms with E-state index in [1.807, 2.05) is 6.07 Å². The van der Waals surface area contributed by atoms with Crippen molar-refractivity contribution < 1.29 is 31.1 Å². The number of fused-ring (bicyclic) bond motifs is 1. The summed E-state index contributed by atoms with van der Waals surface area (Å²) >= 11 is 6.61. The Morgan fingerprint density at radius 3 is 2.57 bits per heavy atom. The second-order valence-corrected chi connectivity index (χ2v) is 14.1. The number of carbonyl (C=O) groups is 1. The van der Waals surface area contributed by atoms with Gasteiger partial charge in [-0.05, 0) is 48.5 Å². The van der Waals surface area contributed by atoms with Gasteiger partial charge in [0.2, 0.25) is 0 Å². The number of rotatable bonds is 11. The molecule has 2 amide bonds. The van der Waals surface area contributed by atoms with Gasteiger partial charge in [0.05, 0.1) is 29.0 Å². The molecule has 1 fully saturated rings. The van der Waals surface area contributed by atoms with Gasteiger partial charge in [0.15, 0.2) is 5.76 Å². The van der Waals surface area contributed by atoms with Crippen molar-refractivity contribution in [1.29, 1.82) is 0 Å². The number of anilines is 3. The number of halogens is 3. The Morgan fingerprint density at radius 2 is 1.84 bits per heavy atom. The van der Waals surface area contributed by atoms with Crippen LogP contribution in [0.2, 0.25) is 5.02 Å². The molecule has 0 saturated carbocycles. The van der Waals surface area contributed by atoms with Crippen LogP contribution < -0.4 is 20.7 Å². The zero-order valence-electron chi connectivity index (χ0n) is 26.3. The zero-order valence-corrected chi connectivity index (χ0v) is 27.8. The number of pyridine rings is 1. The molecule has 2 aromatic carbocycles. The zero-order chi connectivity index (χ0) is 34.5. The predicted molar refractivity (Wildman–Crippen MR) is 182 cm³/mol. The molecular weight excluding hydrogens is 680 g/mol. The summed E-state index contributed by atoms with van der Waals surface area (Å²) in [6.07, 6.45) is 5.04. The van der Waals surface area contributed by atoms with Crippen molar-refractivity contribution in [3.63, 3.8) is 0 Å². The van der Waals surface area contributed by atoms with Crippen molar-refractivity contribution in [3.05, 3.63) is 89.5 Å². The van der Waals surface area contributed by atoms with Crippen LogP contribution in [0.1, 0.15) is 18.6 Å². The lowest BCUT2D eigenvalue weighted by molar-refractivity contribution is 0.115. The van der Waals surface area contributed by atoms with Gasteiger partial charge in [-0.2, -0.15) is 0 Å². The third-order valence-corrected chi connectivity index (χ3v) is 9.04. The minimum Gasteiger partial charge on any atom is -0.489 e. The third kappa shape index (κ3) is 8.60. The topological polar surface area (TPSA) is 152 Å². The molecule has 1 aliphatic rings. The first-order chi connectivity index (χ1) is 23.5. The molecule has 0 atom stereocenters. The Morgan fingerprint density at radius 1 is 1.06 bits per heavy atom. The van der Waals surface area contributed by atoms with Crippen LogP contribution in [0.25, 0.3) is 22.4 Å². The molecule has 16 heteroatoms. The first-order valence-electron chi connectivity index (χ1n) is 15.3. The van der Waals surface area contributed by atoms with E-state index in [-0.39, 0.29) is 11.9 Å². The number of carbonyl (C=O) groups excluding carboxylic acids is 1. The quantitative estimate of drug-likeness (QED) is 0.136. The van der Waals surface area contributed by atoms with Crippen LogP contribution >= 0.6 is 11.6 Å². The number of amides is 2. The van der Waals surface area contributed by atoms with Gasteiger partial charge >= 0.3 is 6.03 Å². The van der Waals surface area contributed by atoms with Gasteiger partial charge in [-0.25, -0.2) is 32.0 Å². The molecule has 1 saturated heterocycles. The number of hydrogen-bond donors (Lipinski definition) is 3. The van der Waals surface area contributed by atoms with Gasteiger partial charge in [-0.3, -0.25) is 4.98 Å². The molecule has 3 aromatic heterocycles. The Bertz CT molecular complexity index is 2070. The fourth-order valence-corrected chi connectivity index (χ4v) is 5.98. The van der Waals surface area contributed by atoms with Crippen LogP contribution in [0.4, 0.5) is 30.8 Å². The lowest BCUT2D eigenvalue weighted by atomic mass is 10.1. The molecule has 0 bridgehead atoms. The number of nitrogens with zero attached hydrogens (tertiary/aromatic N) is 4. The Labute approximate surface area is 285 Å². The van der Waals surface area contributed by atoms with Gasteiger partial charge in [0, 0.05) is 49.8 Å². The molecular formula is C33H32ClF2N7O5S. The number of furan rings is 1. The summed E-state index contributed by atoms with van der Waals surface area (Å²) in [5.41, 5.74) is 1.36. The molecule has 6 rings (SSSR count). The van der Waals surface area contributed by atoms with E-state index in [0.29, 0.717) is 89.4 Å². The van der Waals surface area contributed by atoms with Gasteiger partial charge in [-0.1, -0.05) is 17.7 Å². The van der Waals surface area contributed by atoms with E-state index in [0.717, 1.165) is 12.1 Å². The second kappa shape index (κ2) is 14.7. The summed E-state index contributed by atoms with van der Waals surface area (Å²) in [6.45, 7) is 1.36. The standard InChI is InChI=1S/C33H32ClF2N7O5S/c1-49(45,46)14-11-37-17-22-6-8-30(48-22)27-16-23-28(18-38-27)39-19-40-32(23)41-20-5-7-29(24(34)15-20)47-21-9-12-43(13-10-21)33(44)42-31-25(35)3-2-4-26(31)36/h2-8,15-16,18-19,21,37H,9-14,17H2,1H3,(H,42,44)(H,39,40,41). The molecule has 12 nitrogen and oxygen atoms in total. The van der Waals surface area contributed by atoms with Crippen LogP contribution in [0.15, 0.2) is 71.5 Å². The number of aromatic nitrogens is 3. The lowest BCUT2D eigenvalue weighted by Gasteiger charge is -2.32. The smallest absolute Gasteiger partial charge is 0.322 e. The molecule has 256 valence electrons. The van der Waals surface area contributed by atoms with Crippen LogP contribution in [0.3, 0.4) is 0 Å². The number of para-hydroxylation sites is 1. The Hall–Kier alpha value is -4.86. The maximum absolute atomic E-state index is 13.9. The Balaban J connectivity index is 1.06. The second-order valence-electron chi connectivity index (χ2n) is 11.5. The lowest BCUT2D eigenvalue weighted by Crippen LogP contribution is -2.44. The first kappa shape index (κ1) is 34.0. The normalized spacial score (nSPS) is 13.8. The summed E-state index contributed by atoms with van der Waals surface area (Å²) < 4.78 is 62.7. The number of sulfone groups is 1. The average molecular weight is 712 g/mol. The highest BCUT2D eigenvalue weighted by Crippen LogP contribution is 2.33. The molecule has 0 aliphatic carbocycles. The monoisotopic (exact) mass is 711 g/mol. The van der Waals surface area contributed by atoms with E-state index in [1.54, 1.807) is 36.5 Å². The maximum Gasteiger partial charge on any atom is 0.322 e. The van der Waals surface area contributed by atoms with Gasteiger partial charge in [-0.15, -0.1) is 0 Å².